The molecule has 2 aliphatic heterocycles. The second kappa shape index (κ2) is 4.99. The summed E-state index contributed by atoms with van der Waals surface area (Å²) >= 11 is 0. The predicted molar refractivity (Wildman–Crippen MR) is 70.8 cm³/mol. The number of rotatable bonds is 3. The van der Waals surface area contributed by atoms with Crippen LogP contribution in [0.25, 0.3) is 0 Å². The van der Waals surface area contributed by atoms with Crippen molar-refractivity contribution in [3.63, 3.8) is 0 Å². The standard InChI is InChI=1S/C15H25NO3/c1-2-12-7-11(1)8-14(12)16-9-13-10-18-15(19-13)3-5-17-6-4-15/h11-14,16H,1-10H2/t11-,12-,13-,14-/m0/s1. The SMILES string of the molecule is C1CC2(CCO1)OC[C@H](CN[C@H]1C[C@H]3CC[C@H]1C3)O2. The lowest BCUT2D eigenvalue weighted by Crippen LogP contribution is -2.42. The number of nitrogens with one attached hydrogen (secondary N) is 1. The zero-order valence-corrected chi connectivity index (χ0v) is 11.6. The predicted octanol–water partition coefficient (Wildman–Crippen LogP) is 1.69. The first-order valence-electron chi connectivity index (χ1n) is 7.96. The van der Waals surface area contributed by atoms with Gasteiger partial charge in [0.05, 0.1) is 25.9 Å². The summed E-state index contributed by atoms with van der Waals surface area (Å²) in [4.78, 5) is 0. The molecular formula is C15H25NO3. The van der Waals surface area contributed by atoms with Crippen LogP contribution in [0.15, 0.2) is 0 Å². The molecule has 19 heavy (non-hydrogen) atoms. The minimum atomic E-state index is -0.320. The van der Waals surface area contributed by atoms with Crippen molar-refractivity contribution in [2.24, 2.45) is 11.8 Å². The monoisotopic (exact) mass is 267 g/mol. The lowest BCUT2D eigenvalue weighted by molar-refractivity contribution is -0.210. The van der Waals surface area contributed by atoms with Gasteiger partial charge in [-0.3, -0.25) is 0 Å². The molecule has 2 heterocycles. The van der Waals surface area contributed by atoms with E-state index < -0.39 is 0 Å². The van der Waals surface area contributed by atoms with Gasteiger partial charge in [-0.05, 0) is 31.1 Å². The molecule has 0 aromatic carbocycles. The zero-order chi connectivity index (χ0) is 12.7. The van der Waals surface area contributed by atoms with E-state index in [1.165, 1.54) is 25.7 Å². The second-order valence-corrected chi connectivity index (χ2v) is 6.76. The van der Waals surface area contributed by atoms with Crippen molar-refractivity contribution < 1.29 is 14.2 Å². The minimum Gasteiger partial charge on any atom is -0.381 e. The summed E-state index contributed by atoms with van der Waals surface area (Å²) in [5.74, 6) is 1.62. The van der Waals surface area contributed by atoms with E-state index in [0.29, 0.717) is 0 Å². The van der Waals surface area contributed by atoms with Crippen molar-refractivity contribution in [1.82, 2.24) is 5.32 Å². The van der Waals surface area contributed by atoms with Gasteiger partial charge < -0.3 is 19.5 Å². The fraction of sp³-hybridized carbons (Fsp3) is 1.00. The summed E-state index contributed by atoms with van der Waals surface area (Å²) in [5, 5.41) is 3.74. The van der Waals surface area contributed by atoms with Gasteiger partial charge in [-0.1, -0.05) is 6.42 Å². The molecule has 108 valence electrons. The zero-order valence-electron chi connectivity index (χ0n) is 11.6. The maximum atomic E-state index is 6.17. The maximum absolute atomic E-state index is 6.17. The van der Waals surface area contributed by atoms with Crippen LogP contribution in [0.3, 0.4) is 0 Å². The van der Waals surface area contributed by atoms with Crippen molar-refractivity contribution in [3.8, 4) is 0 Å². The van der Waals surface area contributed by atoms with Gasteiger partial charge in [0.2, 0.25) is 0 Å². The van der Waals surface area contributed by atoms with E-state index in [1.807, 2.05) is 0 Å². The van der Waals surface area contributed by atoms with Crippen LogP contribution >= 0.6 is 0 Å². The van der Waals surface area contributed by atoms with Crippen molar-refractivity contribution in [3.05, 3.63) is 0 Å². The summed E-state index contributed by atoms with van der Waals surface area (Å²) in [6.45, 7) is 3.24. The Balaban J connectivity index is 1.26. The Morgan fingerprint density at radius 2 is 2.00 bits per heavy atom. The molecule has 0 aromatic heterocycles. The summed E-state index contributed by atoms with van der Waals surface area (Å²) in [6, 6.07) is 0.744. The van der Waals surface area contributed by atoms with E-state index >= 15 is 0 Å². The molecular weight excluding hydrogens is 242 g/mol. The lowest BCUT2D eigenvalue weighted by Gasteiger charge is -2.32. The van der Waals surface area contributed by atoms with Crippen LogP contribution in [-0.4, -0.2) is 44.3 Å². The third kappa shape index (κ3) is 2.44. The van der Waals surface area contributed by atoms with Gasteiger partial charge in [-0.25, -0.2) is 0 Å². The Labute approximate surface area is 115 Å². The smallest absolute Gasteiger partial charge is 0.173 e. The van der Waals surface area contributed by atoms with Gasteiger partial charge in [-0.15, -0.1) is 0 Å². The van der Waals surface area contributed by atoms with E-state index in [1.54, 1.807) is 0 Å². The topological polar surface area (TPSA) is 39.7 Å². The summed E-state index contributed by atoms with van der Waals surface area (Å²) in [5.41, 5.74) is 0. The average molecular weight is 267 g/mol. The summed E-state index contributed by atoms with van der Waals surface area (Å²) in [7, 11) is 0. The van der Waals surface area contributed by atoms with E-state index in [9.17, 15) is 0 Å². The van der Waals surface area contributed by atoms with Crippen LogP contribution in [0, 0.1) is 11.8 Å². The van der Waals surface area contributed by atoms with E-state index in [4.69, 9.17) is 14.2 Å². The van der Waals surface area contributed by atoms with Gasteiger partial charge in [0, 0.05) is 25.4 Å². The van der Waals surface area contributed by atoms with E-state index in [-0.39, 0.29) is 11.9 Å². The van der Waals surface area contributed by atoms with Crippen LogP contribution in [0.4, 0.5) is 0 Å². The molecule has 2 saturated carbocycles. The molecule has 4 atom stereocenters. The van der Waals surface area contributed by atoms with Crippen LogP contribution in [0.1, 0.15) is 38.5 Å². The largest absolute Gasteiger partial charge is 0.381 e. The Kier molecular flexibility index (Phi) is 3.30. The third-order valence-electron chi connectivity index (χ3n) is 5.51. The van der Waals surface area contributed by atoms with Crippen molar-refractivity contribution >= 4 is 0 Å². The Bertz CT molecular complexity index is 329. The fourth-order valence-electron chi connectivity index (χ4n) is 4.44. The summed E-state index contributed by atoms with van der Waals surface area (Å²) < 4.78 is 17.5. The first-order chi connectivity index (χ1) is 9.33. The van der Waals surface area contributed by atoms with Crippen LogP contribution < -0.4 is 5.32 Å². The number of fused-ring (bicyclic) bond motifs is 2. The van der Waals surface area contributed by atoms with Crippen molar-refractivity contribution in [2.75, 3.05) is 26.4 Å². The first-order valence-corrected chi connectivity index (χ1v) is 7.96. The Morgan fingerprint density at radius 3 is 2.74 bits per heavy atom. The molecule has 0 unspecified atom stereocenters. The molecule has 0 aromatic rings. The normalized spacial score (nSPS) is 44.2. The average Bonchev–Trinajstić information content (AvgIpc) is 3.13. The molecule has 2 saturated heterocycles. The van der Waals surface area contributed by atoms with Crippen molar-refractivity contribution in [1.29, 1.82) is 0 Å². The molecule has 4 nitrogen and oxygen atoms in total. The molecule has 1 spiro atoms. The van der Waals surface area contributed by atoms with Gasteiger partial charge in [0.25, 0.3) is 0 Å². The molecule has 4 heteroatoms. The first kappa shape index (κ1) is 12.6. The minimum absolute atomic E-state index is 0.234. The maximum Gasteiger partial charge on any atom is 0.173 e. The highest BCUT2D eigenvalue weighted by Crippen LogP contribution is 2.44. The molecule has 4 aliphatic rings. The Hall–Kier alpha value is -0.160. The molecule has 4 rings (SSSR count). The third-order valence-corrected chi connectivity index (χ3v) is 5.51. The Morgan fingerprint density at radius 1 is 1.11 bits per heavy atom. The second-order valence-electron chi connectivity index (χ2n) is 6.76. The molecule has 0 amide bonds. The highest BCUT2D eigenvalue weighted by molar-refractivity contribution is 4.94. The fourth-order valence-corrected chi connectivity index (χ4v) is 4.44. The number of hydrogen-bond donors (Lipinski definition) is 1. The highest BCUT2D eigenvalue weighted by Gasteiger charge is 2.44. The lowest BCUT2D eigenvalue weighted by atomic mass is 9.95. The summed E-state index contributed by atoms with van der Waals surface area (Å²) in [6.07, 6.45) is 7.76. The molecule has 1 N–H and O–H groups in total. The number of hydrogen-bond acceptors (Lipinski definition) is 4. The van der Waals surface area contributed by atoms with Crippen LogP contribution in [0.2, 0.25) is 0 Å². The van der Waals surface area contributed by atoms with Crippen molar-refractivity contribution in [2.45, 2.75) is 56.5 Å². The van der Waals surface area contributed by atoms with Gasteiger partial charge in [0.1, 0.15) is 0 Å². The van der Waals surface area contributed by atoms with E-state index in [2.05, 4.69) is 5.32 Å². The van der Waals surface area contributed by atoms with Gasteiger partial charge in [0.15, 0.2) is 5.79 Å². The van der Waals surface area contributed by atoms with E-state index in [0.717, 1.165) is 57.1 Å². The highest BCUT2D eigenvalue weighted by atomic mass is 16.7. The van der Waals surface area contributed by atoms with Gasteiger partial charge >= 0.3 is 0 Å². The molecule has 2 aliphatic carbocycles. The van der Waals surface area contributed by atoms with Crippen LogP contribution in [0.5, 0.6) is 0 Å². The quantitative estimate of drug-likeness (QED) is 0.844. The number of ether oxygens (including phenoxy) is 3. The molecule has 0 radical (unpaired) electrons. The van der Waals surface area contributed by atoms with Gasteiger partial charge in [-0.2, -0.15) is 0 Å². The van der Waals surface area contributed by atoms with Crippen LogP contribution in [-0.2, 0) is 14.2 Å². The molecule has 2 bridgehead atoms. The molecule has 4 fully saturated rings.